The van der Waals surface area contributed by atoms with Gasteiger partial charge >= 0.3 is 0 Å². The van der Waals surface area contributed by atoms with Crippen molar-refractivity contribution in [1.82, 2.24) is 4.90 Å². The summed E-state index contributed by atoms with van der Waals surface area (Å²) < 4.78 is 0. The van der Waals surface area contributed by atoms with E-state index in [0.717, 1.165) is 30.4 Å². The molecule has 2 rings (SSSR count). The molecule has 0 saturated carbocycles. The van der Waals surface area contributed by atoms with Crippen molar-refractivity contribution in [3.05, 3.63) is 29.3 Å². The van der Waals surface area contributed by atoms with Gasteiger partial charge in [0.25, 0.3) is 0 Å². The number of thiocarbonyl (C=S) groups is 1. The molecule has 1 heterocycles. The molecule has 27 heavy (non-hydrogen) atoms. The second-order valence-corrected chi connectivity index (χ2v) is 9.35. The standard InChI is InChI=1S/C21H32ClN3S2/c1-3-4-5-6-7-8-9-10-14-23-21-25(16-17(2)27-21)20(26)24-19-13-11-12-18(22)15-19/h11-13,15,17H,3-10,14,16H2,1-2H3,(H,24,26). The van der Waals surface area contributed by atoms with Gasteiger partial charge in [-0.05, 0) is 36.8 Å². The third kappa shape index (κ3) is 8.41. The van der Waals surface area contributed by atoms with Crippen molar-refractivity contribution in [2.45, 2.75) is 70.5 Å². The van der Waals surface area contributed by atoms with Gasteiger partial charge in [0.1, 0.15) is 0 Å². The number of amidine groups is 1. The van der Waals surface area contributed by atoms with Gasteiger partial charge in [0.2, 0.25) is 0 Å². The first kappa shape index (κ1) is 22.5. The summed E-state index contributed by atoms with van der Waals surface area (Å²) in [7, 11) is 0. The quantitative estimate of drug-likeness (QED) is 0.323. The number of anilines is 1. The van der Waals surface area contributed by atoms with Gasteiger partial charge in [-0.1, -0.05) is 88.2 Å². The summed E-state index contributed by atoms with van der Waals surface area (Å²) in [6.07, 6.45) is 10.6. The van der Waals surface area contributed by atoms with E-state index in [4.69, 9.17) is 28.8 Å². The van der Waals surface area contributed by atoms with Crippen LogP contribution in [0.15, 0.2) is 29.3 Å². The molecular formula is C21H32ClN3S2. The average molecular weight is 426 g/mol. The molecule has 150 valence electrons. The first-order valence-electron chi connectivity index (χ1n) is 10.2. The van der Waals surface area contributed by atoms with Crippen LogP contribution in [0.5, 0.6) is 0 Å². The Balaban J connectivity index is 1.75. The van der Waals surface area contributed by atoms with E-state index in [0.29, 0.717) is 15.4 Å². The van der Waals surface area contributed by atoms with E-state index in [1.165, 1.54) is 44.9 Å². The largest absolute Gasteiger partial charge is 0.332 e. The molecule has 6 heteroatoms. The van der Waals surface area contributed by atoms with Crippen LogP contribution in [0.4, 0.5) is 5.69 Å². The van der Waals surface area contributed by atoms with Gasteiger partial charge in [-0.3, -0.25) is 9.89 Å². The van der Waals surface area contributed by atoms with Crippen molar-refractivity contribution in [1.29, 1.82) is 0 Å². The van der Waals surface area contributed by atoms with Crippen LogP contribution in [0, 0.1) is 0 Å². The van der Waals surface area contributed by atoms with Gasteiger partial charge in [-0.15, -0.1) is 0 Å². The van der Waals surface area contributed by atoms with E-state index in [1.807, 2.05) is 36.0 Å². The lowest BCUT2D eigenvalue weighted by molar-refractivity contribution is 0.577. The number of benzene rings is 1. The molecule has 1 saturated heterocycles. The van der Waals surface area contributed by atoms with Crippen molar-refractivity contribution in [3.8, 4) is 0 Å². The minimum absolute atomic E-state index is 0.501. The first-order valence-corrected chi connectivity index (χ1v) is 11.8. The van der Waals surface area contributed by atoms with Crippen molar-refractivity contribution in [3.63, 3.8) is 0 Å². The highest BCUT2D eigenvalue weighted by Crippen LogP contribution is 2.27. The molecule has 3 nitrogen and oxygen atoms in total. The Morgan fingerprint density at radius 1 is 1.22 bits per heavy atom. The van der Waals surface area contributed by atoms with Gasteiger partial charge < -0.3 is 5.32 Å². The van der Waals surface area contributed by atoms with Crippen LogP contribution >= 0.6 is 35.6 Å². The maximum absolute atomic E-state index is 6.06. The fraction of sp³-hybridized carbons (Fsp3) is 0.619. The molecule has 0 bridgehead atoms. The predicted octanol–water partition coefficient (Wildman–Crippen LogP) is 6.97. The molecule has 1 unspecified atom stereocenters. The maximum Gasteiger partial charge on any atom is 0.179 e. The molecule has 1 aromatic carbocycles. The Kier molecular flexibility index (Phi) is 10.5. The summed E-state index contributed by atoms with van der Waals surface area (Å²) in [6, 6.07) is 7.64. The molecule has 0 aliphatic carbocycles. The van der Waals surface area contributed by atoms with E-state index in [1.54, 1.807) is 0 Å². The number of halogens is 1. The van der Waals surface area contributed by atoms with E-state index in [9.17, 15) is 0 Å². The Bertz CT molecular complexity index is 621. The number of rotatable bonds is 10. The summed E-state index contributed by atoms with van der Waals surface area (Å²) in [6.45, 7) is 6.27. The molecular weight excluding hydrogens is 394 g/mol. The molecule has 1 aromatic rings. The third-order valence-corrected chi connectivity index (χ3v) is 6.23. The SMILES string of the molecule is CCCCCCCCCCN=C1SC(C)CN1C(=S)Nc1cccc(Cl)c1. The Hall–Kier alpha value is -0.780. The second kappa shape index (κ2) is 12.6. The summed E-state index contributed by atoms with van der Waals surface area (Å²) in [5.41, 5.74) is 0.916. The Morgan fingerprint density at radius 2 is 1.93 bits per heavy atom. The fourth-order valence-corrected chi connectivity index (χ4v) is 4.66. The van der Waals surface area contributed by atoms with E-state index in [2.05, 4.69) is 24.1 Å². The molecule has 0 radical (unpaired) electrons. The molecule has 1 aliphatic rings. The van der Waals surface area contributed by atoms with Gasteiger partial charge in [0.15, 0.2) is 10.3 Å². The molecule has 0 aromatic heterocycles. The van der Waals surface area contributed by atoms with Gasteiger partial charge in [0, 0.05) is 29.0 Å². The van der Waals surface area contributed by atoms with E-state index < -0.39 is 0 Å². The van der Waals surface area contributed by atoms with E-state index >= 15 is 0 Å². The highest BCUT2D eigenvalue weighted by Gasteiger charge is 2.28. The number of unbranched alkanes of at least 4 members (excludes halogenated alkanes) is 7. The van der Waals surface area contributed by atoms with Crippen molar-refractivity contribution in [2.24, 2.45) is 4.99 Å². The highest BCUT2D eigenvalue weighted by atomic mass is 35.5. The average Bonchev–Trinajstić information content (AvgIpc) is 3.01. The summed E-state index contributed by atoms with van der Waals surface area (Å²) >= 11 is 13.5. The third-order valence-electron chi connectivity index (χ3n) is 4.56. The number of nitrogens with zero attached hydrogens (tertiary/aromatic N) is 2. The number of nitrogens with one attached hydrogen (secondary N) is 1. The molecule has 1 aliphatic heterocycles. The molecule has 1 N–H and O–H groups in total. The van der Waals surface area contributed by atoms with E-state index in [-0.39, 0.29) is 0 Å². The van der Waals surface area contributed by atoms with Crippen molar-refractivity contribution >= 4 is 51.5 Å². The summed E-state index contributed by atoms with van der Waals surface area (Å²) in [4.78, 5) is 6.96. The maximum atomic E-state index is 6.06. The van der Waals surface area contributed by atoms with Crippen LogP contribution in [0.2, 0.25) is 5.02 Å². The van der Waals surface area contributed by atoms with Gasteiger partial charge in [-0.25, -0.2) is 0 Å². The molecule has 0 spiro atoms. The molecule has 0 amide bonds. The first-order chi connectivity index (χ1) is 13.1. The van der Waals surface area contributed by atoms with Crippen LogP contribution in [0.3, 0.4) is 0 Å². The van der Waals surface area contributed by atoms with Crippen LogP contribution in [0.25, 0.3) is 0 Å². The number of aliphatic imine (C=N–C) groups is 1. The zero-order valence-electron chi connectivity index (χ0n) is 16.5. The number of thioether (sulfide) groups is 1. The minimum atomic E-state index is 0.501. The van der Waals surface area contributed by atoms with Crippen LogP contribution < -0.4 is 5.32 Å². The lowest BCUT2D eigenvalue weighted by Gasteiger charge is -2.20. The summed E-state index contributed by atoms with van der Waals surface area (Å²) in [5, 5.41) is 6.24. The minimum Gasteiger partial charge on any atom is -0.332 e. The fourth-order valence-electron chi connectivity index (χ4n) is 3.09. The normalized spacial score (nSPS) is 18.3. The predicted molar refractivity (Wildman–Crippen MR) is 126 cm³/mol. The lowest BCUT2D eigenvalue weighted by atomic mass is 10.1. The lowest BCUT2D eigenvalue weighted by Crippen LogP contribution is -2.36. The van der Waals surface area contributed by atoms with Crippen LogP contribution in [0.1, 0.15) is 65.2 Å². The zero-order chi connectivity index (χ0) is 19.5. The van der Waals surface area contributed by atoms with Gasteiger partial charge in [0.05, 0.1) is 0 Å². The molecule has 1 fully saturated rings. The Morgan fingerprint density at radius 3 is 2.63 bits per heavy atom. The number of hydrogen-bond donors (Lipinski definition) is 1. The second-order valence-electron chi connectivity index (χ2n) is 7.12. The smallest absolute Gasteiger partial charge is 0.179 e. The molecule has 1 atom stereocenters. The summed E-state index contributed by atoms with van der Waals surface area (Å²) in [5.74, 6) is 0. The van der Waals surface area contributed by atoms with Crippen LogP contribution in [-0.4, -0.2) is 33.5 Å². The number of hydrogen-bond acceptors (Lipinski definition) is 3. The monoisotopic (exact) mass is 425 g/mol. The zero-order valence-corrected chi connectivity index (χ0v) is 18.9. The van der Waals surface area contributed by atoms with Crippen LogP contribution in [-0.2, 0) is 0 Å². The van der Waals surface area contributed by atoms with Crippen molar-refractivity contribution in [2.75, 3.05) is 18.4 Å². The Labute approximate surface area is 179 Å². The van der Waals surface area contributed by atoms with Gasteiger partial charge in [-0.2, -0.15) is 0 Å². The van der Waals surface area contributed by atoms with Crippen molar-refractivity contribution < 1.29 is 0 Å². The topological polar surface area (TPSA) is 27.6 Å². The highest BCUT2D eigenvalue weighted by molar-refractivity contribution is 8.14.